The molecule has 0 fully saturated rings. The first-order chi connectivity index (χ1) is 9.72. The lowest BCUT2D eigenvalue weighted by Gasteiger charge is -2.10. The second kappa shape index (κ2) is 4.96. The van der Waals surface area contributed by atoms with Crippen LogP contribution in [0, 0.1) is 5.82 Å². The van der Waals surface area contributed by atoms with Gasteiger partial charge in [-0.1, -0.05) is 25.1 Å². The number of fused-ring (bicyclic) bond motifs is 1. The van der Waals surface area contributed by atoms with E-state index in [9.17, 15) is 4.39 Å². The SMILES string of the molecule is CCCn1c(-c2c(N)cccc2F)nc2ccccc21. The number of aromatic nitrogens is 2. The molecule has 0 amide bonds. The van der Waals surface area contributed by atoms with Crippen molar-refractivity contribution in [2.45, 2.75) is 19.9 Å². The molecule has 0 saturated carbocycles. The molecule has 0 saturated heterocycles. The summed E-state index contributed by atoms with van der Waals surface area (Å²) < 4.78 is 16.2. The first-order valence-electron chi connectivity index (χ1n) is 6.72. The van der Waals surface area contributed by atoms with E-state index in [1.807, 2.05) is 28.8 Å². The lowest BCUT2D eigenvalue weighted by molar-refractivity contribution is 0.626. The molecule has 0 aliphatic carbocycles. The van der Waals surface area contributed by atoms with Gasteiger partial charge in [0, 0.05) is 12.2 Å². The Labute approximate surface area is 116 Å². The lowest BCUT2D eigenvalue weighted by Crippen LogP contribution is -2.03. The van der Waals surface area contributed by atoms with E-state index >= 15 is 0 Å². The Morgan fingerprint density at radius 3 is 2.70 bits per heavy atom. The molecule has 3 rings (SSSR count). The summed E-state index contributed by atoms with van der Waals surface area (Å²) in [6.07, 6.45) is 0.946. The van der Waals surface area contributed by atoms with Crippen molar-refractivity contribution < 1.29 is 4.39 Å². The van der Waals surface area contributed by atoms with Gasteiger partial charge in [0.25, 0.3) is 0 Å². The normalized spacial score (nSPS) is 11.1. The Bertz CT molecular complexity index is 741. The van der Waals surface area contributed by atoms with E-state index in [2.05, 4.69) is 11.9 Å². The molecular formula is C16H16FN3. The van der Waals surface area contributed by atoms with E-state index in [1.54, 1.807) is 12.1 Å². The number of rotatable bonds is 3. The molecule has 1 aromatic heterocycles. The van der Waals surface area contributed by atoms with Gasteiger partial charge in [0.1, 0.15) is 11.6 Å². The monoisotopic (exact) mass is 269 g/mol. The van der Waals surface area contributed by atoms with Crippen molar-refractivity contribution in [2.24, 2.45) is 0 Å². The maximum atomic E-state index is 14.2. The van der Waals surface area contributed by atoms with E-state index in [4.69, 9.17) is 5.73 Å². The first kappa shape index (κ1) is 12.7. The fraction of sp³-hybridized carbons (Fsp3) is 0.188. The first-order valence-corrected chi connectivity index (χ1v) is 6.72. The Hall–Kier alpha value is -2.36. The van der Waals surface area contributed by atoms with E-state index in [0.29, 0.717) is 17.1 Å². The maximum absolute atomic E-state index is 14.2. The van der Waals surface area contributed by atoms with Gasteiger partial charge >= 0.3 is 0 Å². The summed E-state index contributed by atoms with van der Waals surface area (Å²) in [7, 11) is 0. The van der Waals surface area contributed by atoms with Crippen molar-refractivity contribution in [3.8, 4) is 11.4 Å². The summed E-state index contributed by atoms with van der Waals surface area (Å²) in [5.41, 5.74) is 8.61. The zero-order chi connectivity index (χ0) is 14.1. The minimum absolute atomic E-state index is 0.336. The Balaban J connectivity index is 2.33. The minimum atomic E-state index is -0.336. The average Bonchev–Trinajstić information content (AvgIpc) is 2.78. The van der Waals surface area contributed by atoms with Crippen LogP contribution in [0.4, 0.5) is 10.1 Å². The van der Waals surface area contributed by atoms with Gasteiger partial charge < -0.3 is 10.3 Å². The average molecular weight is 269 g/mol. The van der Waals surface area contributed by atoms with Gasteiger partial charge in [0.2, 0.25) is 0 Å². The number of para-hydroxylation sites is 2. The molecule has 0 atom stereocenters. The number of benzene rings is 2. The third-order valence-corrected chi connectivity index (χ3v) is 3.37. The second-order valence-electron chi connectivity index (χ2n) is 4.78. The van der Waals surface area contributed by atoms with Crippen LogP contribution in [0.25, 0.3) is 22.4 Å². The number of nitrogen functional groups attached to an aromatic ring is 1. The van der Waals surface area contributed by atoms with Crippen LogP contribution in [0.3, 0.4) is 0 Å². The van der Waals surface area contributed by atoms with Gasteiger partial charge in [-0.05, 0) is 30.7 Å². The summed E-state index contributed by atoms with van der Waals surface area (Å²) in [5, 5.41) is 0. The number of imidazole rings is 1. The van der Waals surface area contributed by atoms with Crippen LogP contribution in [0.5, 0.6) is 0 Å². The number of nitrogens with zero attached hydrogens (tertiary/aromatic N) is 2. The number of anilines is 1. The van der Waals surface area contributed by atoms with E-state index < -0.39 is 0 Å². The standard InChI is InChI=1S/C16H16FN3/c1-2-10-20-14-9-4-3-8-13(14)19-16(20)15-11(17)6-5-7-12(15)18/h3-9H,2,10,18H2,1H3. The van der Waals surface area contributed by atoms with Crippen LogP contribution < -0.4 is 5.73 Å². The molecule has 3 aromatic rings. The van der Waals surface area contributed by atoms with Gasteiger partial charge in [-0.3, -0.25) is 0 Å². The molecule has 102 valence electrons. The third-order valence-electron chi connectivity index (χ3n) is 3.37. The third kappa shape index (κ3) is 1.93. The number of aryl methyl sites for hydroxylation is 1. The molecule has 3 nitrogen and oxygen atoms in total. The number of hydrogen-bond donors (Lipinski definition) is 1. The van der Waals surface area contributed by atoms with Crippen LogP contribution in [0.1, 0.15) is 13.3 Å². The molecule has 2 aromatic carbocycles. The highest BCUT2D eigenvalue weighted by molar-refractivity contribution is 5.83. The van der Waals surface area contributed by atoms with Crippen LogP contribution in [0.15, 0.2) is 42.5 Å². The Morgan fingerprint density at radius 1 is 1.15 bits per heavy atom. The molecule has 2 N–H and O–H groups in total. The van der Waals surface area contributed by atoms with Crippen LogP contribution in [-0.2, 0) is 6.54 Å². The lowest BCUT2D eigenvalue weighted by atomic mass is 10.1. The van der Waals surface area contributed by atoms with Crippen molar-refractivity contribution >= 4 is 16.7 Å². The summed E-state index contributed by atoms with van der Waals surface area (Å²) in [4.78, 5) is 4.57. The van der Waals surface area contributed by atoms with Gasteiger partial charge in [0.15, 0.2) is 0 Å². The fourth-order valence-electron chi connectivity index (χ4n) is 2.49. The predicted molar refractivity (Wildman–Crippen MR) is 79.8 cm³/mol. The van der Waals surface area contributed by atoms with Crippen molar-refractivity contribution in [3.63, 3.8) is 0 Å². The molecule has 0 aliphatic heterocycles. The summed E-state index contributed by atoms with van der Waals surface area (Å²) in [6, 6.07) is 12.6. The minimum Gasteiger partial charge on any atom is -0.398 e. The number of nitrogens with two attached hydrogens (primary N) is 1. The van der Waals surface area contributed by atoms with Crippen LogP contribution in [-0.4, -0.2) is 9.55 Å². The van der Waals surface area contributed by atoms with Crippen LogP contribution in [0.2, 0.25) is 0 Å². The largest absolute Gasteiger partial charge is 0.398 e. The maximum Gasteiger partial charge on any atom is 0.146 e. The van der Waals surface area contributed by atoms with Crippen molar-refractivity contribution in [3.05, 3.63) is 48.3 Å². The zero-order valence-corrected chi connectivity index (χ0v) is 11.3. The molecule has 1 heterocycles. The Kier molecular flexibility index (Phi) is 3.14. The highest BCUT2D eigenvalue weighted by atomic mass is 19.1. The smallest absolute Gasteiger partial charge is 0.146 e. The Morgan fingerprint density at radius 2 is 1.95 bits per heavy atom. The fourth-order valence-corrected chi connectivity index (χ4v) is 2.49. The van der Waals surface area contributed by atoms with E-state index in [1.165, 1.54) is 6.07 Å². The van der Waals surface area contributed by atoms with Crippen LogP contribution >= 0.6 is 0 Å². The van der Waals surface area contributed by atoms with Gasteiger partial charge in [-0.15, -0.1) is 0 Å². The summed E-state index contributed by atoms with van der Waals surface area (Å²) in [5.74, 6) is 0.265. The van der Waals surface area contributed by atoms with Gasteiger partial charge in [0.05, 0.1) is 16.6 Å². The zero-order valence-electron chi connectivity index (χ0n) is 11.3. The van der Waals surface area contributed by atoms with Gasteiger partial charge in [-0.25, -0.2) is 9.37 Å². The van der Waals surface area contributed by atoms with Crippen molar-refractivity contribution in [1.29, 1.82) is 0 Å². The molecule has 20 heavy (non-hydrogen) atoms. The molecule has 0 radical (unpaired) electrons. The second-order valence-corrected chi connectivity index (χ2v) is 4.78. The number of hydrogen-bond acceptors (Lipinski definition) is 2. The highest BCUT2D eigenvalue weighted by Gasteiger charge is 2.17. The summed E-state index contributed by atoms with van der Waals surface area (Å²) >= 11 is 0. The predicted octanol–water partition coefficient (Wildman–Crippen LogP) is 3.83. The van der Waals surface area contributed by atoms with Gasteiger partial charge in [-0.2, -0.15) is 0 Å². The molecule has 0 bridgehead atoms. The number of halogens is 1. The van der Waals surface area contributed by atoms with Crippen molar-refractivity contribution in [1.82, 2.24) is 9.55 Å². The molecule has 0 spiro atoms. The molecule has 0 aliphatic rings. The molecular weight excluding hydrogens is 253 g/mol. The summed E-state index contributed by atoms with van der Waals surface area (Å²) in [6.45, 7) is 2.87. The molecule has 4 heteroatoms. The van der Waals surface area contributed by atoms with E-state index in [-0.39, 0.29) is 5.82 Å². The quantitative estimate of drug-likeness (QED) is 0.734. The highest BCUT2D eigenvalue weighted by Crippen LogP contribution is 2.31. The van der Waals surface area contributed by atoms with Crippen molar-refractivity contribution in [2.75, 3.05) is 5.73 Å². The molecule has 0 unspecified atom stereocenters. The van der Waals surface area contributed by atoms with E-state index in [0.717, 1.165) is 24.0 Å². The topological polar surface area (TPSA) is 43.8 Å².